The van der Waals surface area contributed by atoms with Gasteiger partial charge < -0.3 is 16.0 Å². The molecule has 1 aromatic rings. The molecule has 0 saturated heterocycles. The second-order valence-corrected chi connectivity index (χ2v) is 5.49. The van der Waals surface area contributed by atoms with Crippen LogP contribution in [0.2, 0.25) is 0 Å². The summed E-state index contributed by atoms with van der Waals surface area (Å²) >= 11 is 0. The van der Waals surface area contributed by atoms with E-state index in [1.165, 1.54) is 0 Å². The third-order valence-electron chi connectivity index (χ3n) is 3.06. The van der Waals surface area contributed by atoms with Crippen LogP contribution in [-0.2, 0) is 4.79 Å². The molecule has 0 bridgehead atoms. The van der Waals surface area contributed by atoms with Gasteiger partial charge in [0.2, 0.25) is 5.91 Å². The van der Waals surface area contributed by atoms with Crippen LogP contribution in [0.3, 0.4) is 0 Å². The third kappa shape index (κ3) is 4.91. The van der Waals surface area contributed by atoms with Crippen LogP contribution in [0.5, 0.6) is 0 Å². The zero-order valence-electron chi connectivity index (χ0n) is 12.3. The number of carbonyl (C=O) groups is 1. The number of amides is 1. The van der Waals surface area contributed by atoms with E-state index in [9.17, 15) is 4.79 Å². The highest BCUT2D eigenvalue weighted by Gasteiger charge is 2.18. The van der Waals surface area contributed by atoms with Gasteiger partial charge >= 0.3 is 0 Å². The summed E-state index contributed by atoms with van der Waals surface area (Å²) in [4.78, 5) is 14.1. The SMILES string of the molecule is CC(C)CC(CN)C(=O)Nc1ccc(N(C)C)cc1. The maximum absolute atomic E-state index is 12.1. The van der Waals surface area contributed by atoms with Gasteiger partial charge in [-0.3, -0.25) is 4.79 Å². The summed E-state index contributed by atoms with van der Waals surface area (Å²) in [6, 6.07) is 7.79. The standard InChI is InChI=1S/C15H25N3O/c1-11(2)9-12(10-16)15(19)17-13-5-7-14(8-6-13)18(3)4/h5-8,11-12H,9-10,16H2,1-4H3,(H,17,19). The van der Waals surface area contributed by atoms with Gasteiger partial charge in [-0.1, -0.05) is 13.8 Å². The summed E-state index contributed by atoms with van der Waals surface area (Å²) in [5.41, 5.74) is 7.60. The summed E-state index contributed by atoms with van der Waals surface area (Å²) in [5, 5.41) is 2.93. The fourth-order valence-corrected chi connectivity index (χ4v) is 1.97. The highest BCUT2D eigenvalue weighted by molar-refractivity contribution is 5.92. The average molecular weight is 263 g/mol. The van der Waals surface area contributed by atoms with E-state index in [2.05, 4.69) is 19.2 Å². The van der Waals surface area contributed by atoms with E-state index in [0.717, 1.165) is 17.8 Å². The van der Waals surface area contributed by atoms with Crippen LogP contribution in [-0.4, -0.2) is 26.5 Å². The van der Waals surface area contributed by atoms with Crippen molar-refractivity contribution in [1.82, 2.24) is 0 Å². The molecule has 1 aromatic carbocycles. The first kappa shape index (κ1) is 15.5. The van der Waals surface area contributed by atoms with Crippen LogP contribution < -0.4 is 16.0 Å². The number of carbonyl (C=O) groups excluding carboxylic acids is 1. The summed E-state index contributed by atoms with van der Waals surface area (Å²) in [5.74, 6) is 0.359. The minimum atomic E-state index is -0.117. The maximum atomic E-state index is 12.1. The minimum absolute atomic E-state index is 0.00815. The van der Waals surface area contributed by atoms with Crippen molar-refractivity contribution in [2.45, 2.75) is 20.3 Å². The first-order valence-corrected chi connectivity index (χ1v) is 6.72. The van der Waals surface area contributed by atoms with Crippen molar-refractivity contribution in [3.63, 3.8) is 0 Å². The highest BCUT2D eigenvalue weighted by Crippen LogP contribution is 2.18. The van der Waals surface area contributed by atoms with Crippen molar-refractivity contribution in [3.05, 3.63) is 24.3 Å². The molecule has 0 spiro atoms. The fraction of sp³-hybridized carbons (Fsp3) is 0.533. The molecule has 1 unspecified atom stereocenters. The molecule has 4 nitrogen and oxygen atoms in total. The van der Waals surface area contributed by atoms with E-state index in [1.54, 1.807) is 0 Å². The van der Waals surface area contributed by atoms with Crippen LogP contribution in [0.15, 0.2) is 24.3 Å². The Kier molecular flexibility index (Phi) is 5.83. The Morgan fingerprint density at radius 2 is 1.84 bits per heavy atom. The van der Waals surface area contributed by atoms with Crippen molar-refractivity contribution >= 4 is 17.3 Å². The number of hydrogen-bond donors (Lipinski definition) is 2. The number of nitrogens with one attached hydrogen (secondary N) is 1. The van der Waals surface area contributed by atoms with Crippen LogP contribution in [0, 0.1) is 11.8 Å². The molecule has 1 atom stereocenters. The summed E-state index contributed by atoms with van der Waals surface area (Å²) in [7, 11) is 3.97. The molecule has 0 aliphatic heterocycles. The van der Waals surface area contributed by atoms with E-state index >= 15 is 0 Å². The first-order valence-electron chi connectivity index (χ1n) is 6.72. The number of benzene rings is 1. The van der Waals surface area contributed by atoms with Crippen LogP contribution in [0.25, 0.3) is 0 Å². The normalized spacial score (nSPS) is 12.3. The molecule has 0 aliphatic carbocycles. The van der Waals surface area contributed by atoms with Gasteiger partial charge in [-0.2, -0.15) is 0 Å². The number of anilines is 2. The Balaban J connectivity index is 2.65. The molecule has 106 valence electrons. The Hall–Kier alpha value is -1.55. The molecule has 0 fully saturated rings. The van der Waals surface area contributed by atoms with E-state index in [1.807, 2.05) is 43.3 Å². The van der Waals surface area contributed by atoms with Gasteiger partial charge in [0.1, 0.15) is 0 Å². The lowest BCUT2D eigenvalue weighted by atomic mass is 9.96. The van der Waals surface area contributed by atoms with Gasteiger partial charge in [0.25, 0.3) is 0 Å². The van der Waals surface area contributed by atoms with E-state index in [0.29, 0.717) is 12.5 Å². The van der Waals surface area contributed by atoms with Crippen molar-refractivity contribution in [3.8, 4) is 0 Å². The first-order chi connectivity index (χ1) is 8.93. The predicted octanol–water partition coefficient (Wildman–Crippen LogP) is 2.31. The summed E-state index contributed by atoms with van der Waals surface area (Å²) in [6.07, 6.45) is 0.818. The Bertz CT molecular complexity index is 398. The molecule has 1 rings (SSSR count). The molecular formula is C15H25N3O. The zero-order chi connectivity index (χ0) is 14.4. The molecule has 0 radical (unpaired) electrons. The minimum Gasteiger partial charge on any atom is -0.378 e. The van der Waals surface area contributed by atoms with Gasteiger partial charge in [0.05, 0.1) is 5.92 Å². The van der Waals surface area contributed by atoms with Crippen LogP contribution >= 0.6 is 0 Å². The van der Waals surface area contributed by atoms with Gasteiger partial charge in [-0.15, -0.1) is 0 Å². The summed E-state index contributed by atoms with van der Waals surface area (Å²) < 4.78 is 0. The fourth-order valence-electron chi connectivity index (χ4n) is 1.97. The zero-order valence-corrected chi connectivity index (χ0v) is 12.3. The molecule has 4 heteroatoms. The number of hydrogen-bond acceptors (Lipinski definition) is 3. The molecular weight excluding hydrogens is 238 g/mol. The number of nitrogens with two attached hydrogens (primary N) is 1. The van der Waals surface area contributed by atoms with Crippen molar-refractivity contribution < 1.29 is 4.79 Å². The molecule has 0 saturated carbocycles. The smallest absolute Gasteiger partial charge is 0.228 e. The van der Waals surface area contributed by atoms with Crippen LogP contribution in [0.4, 0.5) is 11.4 Å². The maximum Gasteiger partial charge on any atom is 0.228 e. The quantitative estimate of drug-likeness (QED) is 0.828. The van der Waals surface area contributed by atoms with E-state index in [4.69, 9.17) is 5.73 Å². The van der Waals surface area contributed by atoms with Gasteiger partial charge in [-0.05, 0) is 36.6 Å². The van der Waals surface area contributed by atoms with Gasteiger partial charge in [-0.25, -0.2) is 0 Å². The monoisotopic (exact) mass is 263 g/mol. The van der Waals surface area contributed by atoms with Crippen molar-refractivity contribution in [2.75, 3.05) is 30.9 Å². The molecule has 0 heterocycles. The highest BCUT2D eigenvalue weighted by atomic mass is 16.1. The Labute approximate surface area is 116 Å². The Morgan fingerprint density at radius 3 is 2.26 bits per heavy atom. The molecule has 0 aromatic heterocycles. The van der Waals surface area contributed by atoms with Crippen LogP contribution in [0.1, 0.15) is 20.3 Å². The topological polar surface area (TPSA) is 58.4 Å². The lowest BCUT2D eigenvalue weighted by Gasteiger charge is -2.17. The number of rotatable bonds is 6. The lowest BCUT2D eigenvalue weighted by Crippen LogP contribution is -2.30. The second-order valence-electron chi connectivity index (χ2n) is 5.49. The van der Waals surface area contributed by atoms with E-state index in [-0.39, 0.29) is 11.8 Å². The second kappa shape index (κ2) is 7.14. The third-order valence-corrected chi connectivity index (χ3v) is 3.06. The molecule has 3 N–H and O–H groups in total. The molecule has 1 amide bonds. The van der Waals surface area contributed by atoms with Crippen molar-refractivity contribution in [2.24, 2.45) is 17.6 Å². The molecule has 19 heavy (non-hydrogen) atoms. The predicted molar refractivity (Wildman–Crippen MR) is 81.4 cm³/mol. The number of nitrogens with zero attached hydrogens (tertiary/aromatic N) is 1. The Morgan fingerprint density at radius 1 is 1.26 bits per heavy atom. The van der Waals surface area contributed by atoms with Gasteiger partial charge in [0, 0.05) is 32.0 Å². The lowest BCUT2D eigenvalue weighted by molar-refractivity contribution is -0.120. The largest absolute Gasteiger partial charge is 0.378 e. The van der Waals surface area contributed by atoms with Crippen molar-refractivity contribution in [1.29, 1.82) is 0 Å². The van der Waals surface area contributed by atoms with Gasteiger partial charge in [0.15, 0.2) is 0 Å². The summed E-state index contributed by atoms with van der Waals surface area (Å²) in [6.45, 7) is 4.59. The molecule has 0 aliphatic rings. The van der Waals surface area contributed by atoms with E-state index < -0.39 is 0 Å². The average Bonchev–Trinajstić information content (AvgIpc) is 2.36.